The second kappa shape index (κ2) is 9.51. The van der Waals surface area contributed by atoms with Gasteiger partial charge in [-0.05, 0) is 30.2 Å². The van der Waals surface area contributed by atoms with Gasteiger partial charge in [-0.2, -0.15) is 0 Å². The summed E-state index contributed by atoms with van der Waals surface area (Å²) in [5.41, 5.74) is 0.750. The number of benzene rings is 1. The lowest BCUT2D eigenvalue weighted by Crippen LogP contribution is -2.44. The van der Waals surface area contributed by atoms with Crippen LogP contribution in [0.5, 0.6) is 0 Å². The van der Waals surface area contributed by atoms with E-state index in [0.717, 1.165) is 18.2 Å². The summed E-state index contributed by atoms with van der Waals surface area (Å²) in [6, 6.07) is 2.08. The number of hydrogen-bond acceptors (Lipinski definition) is 4. The van der Waals surface area contributed by atoms with E-state index in [1.165, 1.54) is 18.5 Å². The van der Waals surface area contributed by atoms with Crippen LogP contribution in [0.2, 0.25) is 0 Å². The van der Waals surface area contributed by atoms with Crippen molar-refractivity contribution < 1.29 is 18.4 Å². The van der Waals surface area contributed by atoms with Crippen LogP contribution in [0.1, 0.15) is 31.0 Å². The third-order valence-corrected chi connectivity index (χ3v) is 3.65. The monoisotopic (exact) mass is 374 g/mol. The van der Waals surface area contributed by atoms with E-state index >= 15 is 0 Å². The van der Waals surface area contributed by atoms with Gasteiger partial charge in [-0.15, -0.1) is 0 Å². The van der Waals surface area contributed by atoms with Crippen LogP contribution in [0.3, 0.4) is 0 Å². The smallest absolute Gasteiger partial charge is 0.248 e. The minimum atomic E-state index is -0.804. The SMILES string of the molecule is C=Cc1cnc(NC(=O)C(CCC)NC(=O)Cc2cc(F)cc(F)c2)cn1. The van der Waals surface area contributed by atoms with Crippen LogP contribution in [-0.2, 0) is 16.0 Å². The lowest BCUT2D eigenvalue weighted by molar-refractivity contribution is -0.126. The Bertz CT molecular complexity index is 805. The standard InChI is InChI=1S/C19H20F2N4O2/c1-3-5-16(19(27)25-17-11-22-15(4-2)10-23-17)24-18(26)8-12-6-13(20)9-14(21)7-12/h4,6-7,9-11,16H,2-3,5,8H2,1H3,(H,24,26)(H,23,25,27). The average Bonchev–Trinajstić information content (AvgIpc) is 2.61. The van der Waals surface area contributed by atoms with Gasteiger partial charge in [0.2, 0.25) is 11.8 Å². The third kappa shape index (κ3) is 6.25. The number of rotatable bonds is 8. The number of nitrogens with zero attached hydrogens (tertiary/aromatic N) is 2. The molecule has 0 aliphatic carbocycles. The zero-order valence-electron chi connectivity index (χ0n) is 14.8. The number of halogens is 2. The van der Waals surface area contributed by atoms with Crippen LogP contribution in [-0.4, -0.2) is 27.8 Å². The molecule has 0 spiro atoms. The predicted molar refractivity (Wildman–Crippen MR) is 97.7 cm³/mol. The number of carbonyl (C=O) groups excluding carboxylic acids is 2. The number of nitrogens with one attached hydrogen (secondary N) is 2. The highest BCUT2D eigenvalue weighted by Gasteiger charge is 2.21. The topological polar surface area (TPSA) is 84.0 Å². The molecule has 8 heteroatoms. The van der Waals surface area contributed by atoms with Crippen LogP contribution >= 0.6 is 0 Å². The van der Waals surface area contributed by atoms with Crippen LogP contribution in [0.25, 0.3) is 6.08 Å². The molecule has 6 nitrogen and oxygen atoms in total. The van der Waals surface area contributed by atoms with E-state index in [9.17, 15) is 18.4 Å². The minimum absolute atomic E-state index is 0.187. The van der Waals surface area contributed by atoms with Crippen molar-refractivity contribution in [2.75, 3.05) is 5.32 Å². The normalized spacial score (nSPS) is 11.5. The van der Waals surface area contributed by atoms with Crippen molar-refractivity contribution in [3.05, 3.63) is 60.1 Å². The fourth-order valence-electron chi connectivity index (χ4n) is 2.42. The highest BCUT2D eigenvalue weighted by atomic mass is 19.1. The van der Waals surface area contributed by atoms with Crippen LogP contribution in [0.15, 0.2) is 37.2 Å². The molecule has 27 heavy (non-hydrogen) atoms. The van der Waals surface area contributed by atoms with Gasteiger partial charge in [-0.3, -0.25) is 14.6 Å². The minimum Gasteiger partial charge on any atom is -0.344 e. The van der Waals surface area contributed by atoms with E-state index < -0.39 is 29.5 Å². The highest BCUT2D eigenvalue weighted by molar-refractivity contribution is 5.96. The average molecular weight is 374 g/mol. The van der Waals surface area contributed by atoms with Crippen molar-refractivity contribution >= 4 is 23.7 Å². The number of amides is 2. The number of carbonyl (C=O) groups is 2. The Kier molecular flexibility index (Phi) is 7.10. The van der Waals surface area contributed by atoms with Gasteiger partial charge in [0.05, 0.1) is 24.5 Å². The number of anilines is 1. The Labute approximate surface area is 155 Å². The molecule has 0 saturated heterocycles. The van der Waals surface area contributed by atoms with E-state index in [2.05, 4.69) is 27.2 Å². The molecule has 2 rings (SSSR count). The second-order valence-corrected chi connectivity index (χ2v) is 5.88. The molecule has 0 saturated carbocycles. The summed E-state index contributed by atoms with van der Waals surface area (Å²) >= 11 is 0. The molecule has 1 aromatic carbocycles. The van der Waals surface area contributed by atoms with Crippen molar-refractivity contribution in [3.63, 3.8) is 0 Å². The van der Waals surface area contributed by atoms with E-state index in [1.54, 1.807) is 0 Å². The zero-order valence-corrected chi connectivity index (χ0v) is 14.8. The Morgan fingerprint density at radius 2 is 1.89 bits per heavy atom. The molecule has 2 amide bonds. The maximum atomic E-state index is 13.2. The van der Waals surface area contributed by atoms with Gasteiger partial charge in [-0.25, -0.2) is 13.8 Å². The predicted octanol–water partition coefficient (Wildman–Crippen LogP) is 2.86. The van der Waals surface area contributed by atoms with Gasteiger partial charge in [0.25, 0.3) is 0 Å². The van der Waals surface area contributed by atoms with Crippen LogP contribution in [0, 0.1) is 11.6 Å². The molecule has 0 fully saturated rings. The Morgan fingerprint density at radius 3 is 2.44 bits per heavy atom. The lowest BCUT2D eigenvalue weighted by atomic mass is 10.1. The summed E-state index contributed by atoms with van der Waals surface area (Å²) in [5, 5.41) is 5.17. The molecular formula is C19H20F2N4O2. The maximum Gasteiger partial charge on any atom is 0.248 e. The van der Waals surface area contributed by atoms with Crippen molar-refractivity contribution in [2.45, 2.75) is 32.2 Å². The maximum absolute atomic E-state index is 13.2. The summed E-state index contributed by atoms with van der Waals surface area (Å²) in [5.74, 6) is -2.24. The molecular weight excluding hydrogens is 354 g/mol. The Hall–Kier alpha value is -3.16. The highest BCUT2D eigenvalue weighted by Crippen LogP contribution is 2.10. The van der Waals surface area contributed by atoms with Crippen LogP contribution in [0.4, 0.5) is 14.6 Å². The van der Waals surface area contributed by atoms with E-state index in [4.69, 9.17) is 0 Å². The third-order valence-electron chi connectivity index (χ3n) is 3.65. The van der Waals surface area contributed by atoms with Gasteiger partial charge in [0.15, 0.2) is 5.82 Å². The summed E-state index contributed by atoms with van der Waals surface area (Å²) in [6.07, 6.45) is 5.16. The molecule has 0 aliphatic rings. The fraction of sp³-hybridized carbons (Fsp3) is 0.263. The Morgan fingerprint density at radius 1 is 1.19 bits per heavy atom. The molecule has 2 N–H and O–H groups in total. The molecule has 1 heterocycles. The first-order chi connectivity index (χ1) is 12.9. The van der Waals surface area contributed by atoms with Crippen LogP contribution < -0.4 is 10.6 Å². The largest absolute Gasteiger partial charge is 0.344 e. The van der Waals surface area contributed by atoms with Crippen molar-refractivity contribution in [1.82, 2.24) is 15.3 Å². The number of aromatic nitrogens is 2. The summed E-state index contributed by atoms with van der Waals surface area (Å²) in [4.78, 5) is 32.7. The molecule has 142 valence electrons. The number of hydrogen-bond donors (Lipinski definition) is 2. The Balaban J connectivity index is 2.00. The summed E-state index contributed by atoms with van der Waals surface area (Å²) in [6.45, 7) is 5.44. The fourth-order valence-corrected chi connectivity index (χ4v) is 2.42. The van der Waals surface area contributed by atoms with Gasteiger partial charge >= 0.3 is 0 Å². The van der Waals surface area contributed by atoms with Gasteiger partial charge < -0.3 is 10.6 Å². The van der Waals surface area contributed by atoms with Crippen molar-refractivity contribution in [1.29, 1.82) is 0 Å². The second-order valence-electron chi connectivity index (χ2n) is 5.88. The first-order valence-electron chi connectivity index (χ1n) is 8.41. The van der Waals surface area contributed by atoms with Gasteiger partial charge in [-0.1, -0.05) is 19.9 Å². The van der Waals surface area contributed by atoms with Crippen molar-refractivity contribution in [3.8, 4) is 0 Å². The van der Waals surface area contributed by atoms with Gasteiger partial charge in [0.1, 0.15) is 17.7 Å². The van der Waals surface area contributed by atoms with E-state index in [0.29, 0.717) is 18.5 Å². The molecule has 0 aliphatic heterocycles. The quantitative estimate of drug-likeness (QED) is 0.744. The molecule has 1 atom stereocenters. The molecule has 1 aromatic heterocycles. The van der Waals surface area contributed by atoms with E-state index in [1.807, 2.05) is 6.92 Å². The van der Waals surface area contributed by atoms with E-state index in [-0.39, 0.29) is 17.8 Å². The molecule has 2 aromatic rings. The first kappa shape index (κ1) is 20.2. The van der Waals surface area contributed by atoms with Gasteiger partial charge in [0, 0.05) is 6.07 Å². The zero-order chi connectivity index (χ0) is 19.8. The molecule has 1 unspecified atom stereocenters. The van der Waals surface area contributed by atoms with Crippen molar-refractivity contribution in [2.24, 2.45) is 0 Å². The summed E-state index contributed by atoms with van der Waals surface area (Å²) in [7, 11) is 0. The molecule has 0 bridgehead atoms. The molecule has 0 radical (unpaired) electrons. The first-order valence-corrected chi connectivity index (χ1v) is 8.41. The summed E-state index contributed by atoms with van der Waals surface area (Å²) < 4.78 is 26.5. The lowest BCUT2D eigenvalue weighted by Gasteiger charge is -2.17.